The molecule has 0 N–H and O–H groups in total. The zero-order chi connectivity index (χ0) is 16.9. The van der Waals surface area contributed by atoms with Crippen LogP contribution in [-0.4, -0.2) is 18.1 Å². The Bertz CT molecular complexity index is 591. The van der Waals surface area contributed by atoms with Crippen LogP contribution in [0, 0.1) is 5.41 Å². The molecule has 0 aromatic heterocycles. The molecule has 1 aliphatic heterocycles. The van der Waals surface area contributed by atoms with E-state index in [2.05, 4.69) is 4.90 Å². The first kappa shape index (κ1) is 17.5. The topological polar surface area (TPSA) is 37.4 Å². The summed E-state index contributed by atoms with van der Waals surface area (Å²) >= 11 is 0. The van der Waals surface area contributed by atoms with Crippen LogP contribution in [0.3, 0.4) is 0 Å². The molecule has 1 unspecified atom stereocenters. The molecule has 1 heterocycles. The quantitative estimate of drug-likeness (QED) is 0.694. The van der Waals surface area contributed by atoms with E-state index < -0.39 is 5.41 Å². The minimum atomic E-state index is -0.546. The molecule has 1 aromatic carbocycles. The van der Waals surface area contributed by atoms with E-state index >= 15 is 0 Å². The fourth-order valence-electron chi connectivity index (χ4n) is 3.25. The summed E-state index contributed by atoms with van der Waals surface area (Å²) in [5.41, 5.74) is 1.38. The number of allylic oxidation sites excluding steroid dienone is 2. The van der Waals surface area contributed by atoms with Crippen molar-refractivity contribution >= 4 is 17.3 Å². The lowest BCUT2D eigenvalue weighted by molar-refractivity contribution is -0.125. The average molecular weight is 313 g/mol. The maximum atomic E-state index is 12.7. The van der Waals surface area contributed by atoms with Gasteiger partial charge in [0.2, 0.25) is 0 Å². The minimum absolute atomic E-state index is 0.112. The number of carbonyl (C=O) groups excluding carboxylic acids is 2. The number of hydrogen-bond donors (Lipinski definition) is 0. The van der Waals surface area contributed by atoms with E-state index in [0.29, 0.717) is 12.8 Å². The van der Waals surface area contributed by atoms with E-state index in [9.17, 15) is 9.59 Å². The molecule has 23 heavy (non-hydrogen) atoms. The highest BCUT2D eigenvalue weighted by molar-refractivity contribution is 5.96. The molecule has 1 atom stereocenters. The van der Waals surface area contributed by atoms with Crippen LogP contribution < -0.4 is 4.90 Å². The lowest BCUT2D eigenvalue weighted by atomic mass is 9.79. The number of rotatable bonds is 7. The van der Waals surface area contributed by atoms with Crippen molar-refractivity contribution in [1.29, 1.82) is 0 Å². The number of benzene rings is 1. The molecule has 0 spiro atoms. The predicted octanol–water partition coefficient (Wildman–Crippen LogP) is 4.53. The molecule has 124 valence electrons. The average Bonchev–Trinajstić information content (AvgIpc) is 2.87. The normalized spacial score (nSPS) is 22.6. The smallest absolute Gasteiger partial charge is 0.157 e. The second kappa shape index (κ2) is 7.58. The summed E-state index contributed by atoms with van der Waals surface area (Å²) in [6.45, 7) is 6.80. The van der Waals surface area contributed by atoms with Gasteiger partial charge in [-0.2, -0.15) is 0 Å². The summed E-state index contributed by atoms with van der Waals surface area (Å²) in [6, 6.07) is 10.0. The first-order valence-electron chi connectivity index (χ1n) is 8.63. The molecule has 1 fully saturated rings. The van der Waals surface area contributed by atoms with Crippen LogP contribution in [0.5, 0.6) is 0 Å². The number of para-hydroxylation sites is 1. The molecule has 1 saturated heterocycles. The van der Waals surface area contributed by atoms with Crippen LogP contribution in [0.2, 0.25) is 0 Å². The van der Waals surface area contributed by atoms with E-state index in [1.54, 1.807) is 6.08 Å². The van der Waals surface area contributed by atoms with Gasteiger partial charge in [0, 0.05) is 36.8 Å². The first-order valence-corrected chi connectivity index (χ1v) is 8.63. The molecule has 3 nitrogen and oxygen atoms in total. The molecule has 1 aliphatic rings. The molecule has 0 radical (unpaired) electrons. The first-order chi connectivity index (χ1) is 11.0. The fraction of sp³-hybridized carbons (Fsp3) is 0.500. The molecule has 1 aromatic rings. The van der Waals surface area contributed by atoms with E-state index in [0.717, 1.165) is 37.2 Å². The summed E-state index contributed by atoms with van der Waals surface area (Å²) in [6.07, 6.45) is 5.26. The van der Waals surface area contributed by atoms with Crippen molar-refractivity contribution in [2.75, 3.05) is 11.4 Å². The van der Waals surface area contributed by atoms with Gasteiger partial charge >= 0.3 is 0 Å². The van der Waals surface area contributed by atoms with E-state index in [1.807, 2.05) is 51.1 Å². The Hall–Kier alpha value is -1.90. The van der Waals surface area contributed by atoms with Gasteiger partial charge in [-0.05, 0) is 38.3 Å². The van der Waals surface area contributed by atoms with Crippen molar-refractivity contribution in [3.05, 3.63) is 42.1 Å². The minimum Gasteiger partial charge on any atom is -0.344 e. The van der Waals surface area contributed by atoms with E-state index in [4.69, 9.17) is 0 Å². The van der Waals surface area contributed by atoms with Crippen molar-refractivity contribution in [1.82, 2.24) is 0 Å². The number of ketones is 2. The number of nitrogens with zero attached hydrogens (tertiary/aromatic N) is 1. The number of Topliss-reactive ketones (excluding diaryl/α,β-unsaturated/α-hetero) is 1. The van der Waals surface area contributed by atoms with E-state index in [1.165, 1.54) is 0 Å². The molecular weight excluding hydrogens is 286 g/mol. The summed E-state index contributed by atoms with van der Waals surface area (Å²) in [4.78, 5) is 27.1. The third-order valence-electron chi connectivity index (χ3n) is 4.65. The van der Waals surface area contributed by atoms with Gasteiger partial charge in [0.1, 0.15) is 5.78 Å². The van der Waals surface area contributed by atoms with Gasteiger partial charge in [-0.15, -0.1) is 0 Å². The Kier molecular flexibility index (Phi) is 5.75. The second-order valence-electron chi connectivity index (χ2n) is 6.49. The number of hydrogen-bond acceptors (Lipinski definition) is 3. The Labute approximate surface area is 139 Å². The van der Waals surface area contributed by atoms with Gasteiger partial charge in [0.05, 0.1) is 5.41 Å². The van der Waals surface area contributed by atoms with Crippen molar-refractivity contribution in [3.8, 4) is 0 Å². The summed E-state index contributed by atoms with van der Waals surface area (Å²) in [5.74, 6) is 0.356. The van der Waals surface area contributed by atoms with Crippen molar-refractivity contribution < 1.29 is 9.59 Å². The van der Waals surface area contributed by atoms with Crippen molar-refractivity contribution in [3.63, 3.8) is 0 Å². The maximum Gasteiger partial charge on any atom is 0.157 e. The highest BCUT2D eigenvalue weighted by atomic mass is 16.1. The van der Waals surface area contributed by atoms with Crippen LogP contribution >= 0.6 is 0 Å². The predicted molar refractivity (Wildman–Crippen MR) is 94.4 cm³/mol. The monoisotopic (exact) mass is 313 g/mol. The lowest BCUT2D eigenvalue weighted by Crippen LogP contribution is -2.30. The van der Waals surface area contributed by atoms with Crippen LogP contribution in [0.15, 0.2) is 42.1 Å². The van der Waals surface area contributed by atoms with Gasteiger partial charge in [-0.3, -0.25) is 9.59 Å². The molecular formula is C20H27NO2. The highest BCUT2D eigenvalue weighted by Crippen LogP contribution is 2.44. The zero-order valence-electron chi connectivity index (χ0n) is 14.5. The third kappa shape index (κ3) is 3.72. The van der Waals surface area contributed by atoms with Crippen LogP contribution in [0.25, 0.3) is 0 Å². The zero-order valence-corrected chi connectivity index (χ0v) is 14.5. The molecule has 3 heteroatoms. The van der Waals surface area contributed by atoms with Crippen LogP contribution in [0.4, 0.5) is 5.69 Å². The van der Waals surface area contributed by atoms with Crippen molar-refractivity contribution in [2.45, 2.75) is 52.9 Å². The number of anilines is 1. The Morgan fingerprint density at radius 1 is 1.13 bits per heavy atom. The Balaban J connectivity index is 2.41. The van der Waals surface area contributed by atoms with E-state index in [-0.39, 0.29) is 11.6 Å². The molecule has 0 aliphatic carbocycles. The van der Waals surface area contributed by atoms with Gasteiger partial charge in [-0.1, -0.05) is 32.0 Å². The van der Waals surface area contributed by atoms with Gasteiger partial charge < -0.3 is 4.90 Å². The molecule has 2 rings (SSSR count). The number of carbonyl (C=O) groups is 2. The van der Waals surface area contributed by atoms with Crippen LogP contribution in [0.1, 0.15) is 52.9 Å². The molecule has 0 saturated carbocycles. The summed E-state index contributed by atoms with van der Waals surface area (Å²) in [7, 11) is 0. The SMILES string of the molecule is CCCC(=O)/C=C1/N(c2ccccc2)CCC1(C)C(=O)CCC. The van der Waals surface area contributed by atoms with Gasteiger partial charge in [-0.25, -0.2) is 0 Å². The Morgan fingerprint density at radius 3 is 2.39 bits per heavy atom. The highest BCUT2D eigenvalue weighted by Gasteiger charge is 2.44. The fourth-order valence-corrected chi connectivity index (χ4v) is 3.25. The van der Waals surface area contributed by atoms with Gasteiger partial charge in [0.15, 0.2) is 5.78 Å². The van der Waals surface area contributed by atoms with Crippen LogP contribution in [-0.2, 0) is 9.59 Å². The van der Waals surface area contributed by atoms with Gasteiger partial charge in [0.25, 0.3) is 0 Å². The maximum absolute atomic E-state index is 12.7. The molecule has 0 amide bonds. The largest absolute Gasteiger partial charge is 0.344 e. The second-order valence-corrected chi connectivity index (χ2v) is 6.49. The molecule has 0 bridgehead atoms. The lowest BCUT2D eigenvalue weighted by Gasteiger charge is -2.28. The standard InChI is InChI=1S/C20H27NO2/c1-4-9-17(22)15-18-20(3,19(23)10-5-2)13-14-21(18)16-11-7-6-8-12-16/h6-8,11-12,15H,4-5,9-10,13-14H2,1-3H3/b18-15+. The third-order valence-corrected chi connectivity index (χ3v) is 4.65. The summed E-state index contributed by atoms with van der Waals surface area (Å²) in [5, 5.41) is 0. The van der Waals surface area contributed by atoms with Crippen molar-refractivity contribution in [2.24, 2.45) is 5.41 Å². The Morgan fingerprint density at radius 2 is 1.78 bits per heavy atom. The summed E-state index contributed by atoms with van der Waals surface area (Å²) < 4.78 is 0.